The number of nitrogens with zero attached hydrogens (tertiary/aromatic N) is 3. The molecule has 1 N–H and O–H groups in total. The fourth-order valence-electron chi connectivity index (χ4n) is 5.44. The van der Waals surface area contributed by atoms with Gasteiger partial charge >= 0.3 is 5.69 Å². The van der Waals surface area contributed by atoms with Crippen LogP contribution >= 0.6 is 0 Å². The SMILES string of the molecule is Cc1cc(C)n(CCCC(=O)N2CCC3(CCCCOCCNC(=O)c4ccccc4OC3)CC2)c(=O)n1. The van der Waals surface area contributed by atoms with Crippen molar-refractivity contribution in [1.29, 1.82) is 0 Å². The Kier molecular flexibility index (Phi) is 9.55. The van der Waals surface area contributed by atoms with E-state index in [1.807, 2.05) is 43.0 Å². The highest BCUT2D eigenvalue weighted by atomic mass is 16.5. The number of hydrogen-bond acceptors (Lipinski definition) is 6. The Bertz CT molecular complexity index is 1170. The standard InChI is InChI=1S/C29H40N4O5/c1-22-20-23(2)33(28(36)31-22)15-7-10-26(34)32-16-12-29(13-17-32)11-5-6-18-37-19-14-30-27(35)24-8-3-4-9-25(24)38-21-29/h3-4,8-9,20H,5-7,10-19,21H2,1-2H3,(H,30,35). The van der Waals surface area contributed by atoms with Crippen molar-refractivity contribution in [2.24, 2.45) is 5.41 Å². The summed E-state index contributed by atoms with van der Waals surface area (Å²) in [6.45, 7) is 7.72. The summed E-state index contributed by atoms with van der Waals surface area (Å²) in [5.74, 6) is 0.564. The van der Waals surface area contributed by atoms with E-state index in [4.69, 9.17) is 9.47 Å². The molecule has 0 bridgehead atoms. The summed E-state index contributed by atoms with van der Waals surface area (Å²) < 4.78 is 13.6. The predicted molar refractivity (Wildman–Crippen MR) is 144 cm³/mol. The number of rotatable bonds is 4. The summed E-state index contributed by atoms with van der Waals surface area (Å²) in [6, 6.07) is 9.25. The zero-order chi connectivity index (χ0) is 27.0. The number of carbonyl (C=O) groups is 2. The molecular formula is C29H40N4O5. The molecule has 0 aliphatic carbocycles. The molecule has 1 saturated heterocycles. The first kappa shape index (κ1) is 27.8. The minimum Gasteiger partial charge on any atom is -0.492 e. The minimum absolute atomic E-state index is 0.0531. The number of piperidine rings is 1. The van der Waals surface area contributed by atoms with Crippen LogP contribution in [-0.2, 0) is 16.1 Å². The van der Waals surface area contributed by atoms with Crippen LogP contribution in [0.25, 0.3) is 0 Å². The Morgan fingerprint density at radius 1 is 1.08 bits per heavy atom. The molecule has 1 spiro atoms. The fraction of sp³-hybridized carbons (Fsp3) is 0.586. The van der Waals surface area contributed by atoms with Gasteiger partial charge in [0.05, 0.1) is 18.8 Å². The molecule has 2 aliphatic rings. The molecule has 0 radical (unpaired) electrons. The zero-order valence-corrected chi connectivity index (χ0v) is 22.7. The molecule has 0 saturated carbocycles. The summed E-state index contributed by atoms with van der Waals surface area (Å²) in [7, 11) is 0. The Hall–Kier alpha value is -3.20. The van der Waals surface area contributed by atoms with Crippen molar-refractivity contribution in [3.63, 3.8) is 0 Å². The van der Waals surface area contributed by atoms with Crippen LogP contribution in [0.4, 0.5) is 0 Å². The Morgan fingerprint density at radius 3 is 2.66 bits per heavy atom. The Balaban J connectivity index is 1.35. The van der Waals surface area contributed by atoms with Gasteiger partial charge in [-0.25, -0.2) is 4.79 Å². The van der Waals surface area contributed by atoms with Gasteiger partial charge in [0.15, 0.2) is 0 Å². The smallest absolute Gasteiger partial charge is 0.347 e. The number of hydrogen-bond donors (Lipinski definition) is 1. The third kappa shape index (κ3) is 7.22. The fourth-order valence-corrected chi connectivity index (χ4v) is 5.44. The molecule has 2 aliphatic heterocycles. The first-order valence-corrected chi connectivity index (χ1v) is 13.8. The van der Waals surface area contributed by atoms with Crippen molar-refractivity contribution in [2.75, 3.05) is 39.5 Å². The summed E-state index contributed by atoms with van der Waals surface area (Å²) in [5.41, 5.74) is 1.80. The van der Waals surface area contributed by atoms with Crippen LogP contribution < -0.4 is 15.7 Å². The van der Waals surface area contributed by atoms with Gasteiger partial charge in [-0.05, 0) is 64.2 Å². The lowest BCUT2D eigenvalue weighted by molar-refractivity contribution is -0.134. The monoisotopic (exact) mass is 524 g/mol. The van der Waals surface area contributed by atoms with Crippen LogP contribution in [0, 0.1) is 19.3 Å². The van der Waals surface area contributed by atoms with Crippen LogP contribution in [-0.4, -0.2) is 65.7 Å². The number of nitrogens with one attached hydrogen (secondary N) is 1. The average Bonchev–Trinajstić information content (AvgIpc) is 2.90. The van der Waals surface area contributed by atoms with Crippen LogP contribution in [0.5, 0.6) is 5.75 Å². The van der Waals surface area contributed by atoms with E-state index >= 15 is 0 Å². The normalized spacial score (nSPS) is 18.7. The first-order valence-electron chi connectivity index (χ1n) is 13.8. The zero-order valence-electron chi connectivity index (χ0n) is 22.7. The third-order valence-electron chi connectivity index (χ3n) is 7.74. The van der Waals surface area contributed by atoms with E-state index in [9.17, 15) is 14.4 Å². The maximum atomic E-state index is 13.0. The van der Waals surface area contributed by atoms with Gasteiger partial charge in [-0.15, -0.1) is 0 Å². The topological polar surface area (TPSA) is 103 Å². The van der Waals surface area contributed by atoms with E-state index in [-0.39, 0.29) is 22.9 Å². The van der Waals surface area contributed by atoms with Crippen LogP contribution in [0.15, 0.2) is 35.1 Å². The number of carbonyl (C=O) groups excluding carboxylic acids is 2. The molecule has 2 amide bonds. The van der Waals surface area contributed by atoms with E-state index in [1.165, 1.54) is 0 Å². The lowest BCUT2D eigenvalue weighted by Gasteiger charge is -2.42. The lowest BCUT2D eigenvalue weighted by atomic mass is 9.75. The van der Waals surface area contributed by atoms with Crippen molar-refractivity contribution < 1.29 is 19.1 Å². The molecule has 0 unspecified atom stereocenters. The van der Waals surface area contributed by atoms with Crippen molar-refractivity contribution in [1.82, 2.24) is 19.8 Å². The van der Waals surface area contributed by atoms with E-state index in [0.29, 0.717) is 75.8 Å². The molecule has 9 nitrogen and oxygen atoms in total. The van der Waals surface area contributed by atoms with Crippen LogP contribution in [0.1, 0.15) is 66.7 Å². The van der Waals surface area contributed by atoms with Gasteiger partial charge in [0.1, 0.15) is 5.75 Å². The van der Waals surface area contributed by atoms with E-state index in [0.717, 1.165) is 37.8 Å². The molecule has 1 aromatic carbocycles. The van der Waals surface area contributed by atoms with E-state index < -0.39 is 0 Å². The highest BCUT2D eigenvalue weighted by molar-refractivity contribution is 5.96. The van der Waals surface area contributed by atoms with Gasteiger partial charge in [0.2, 0.25) is 5.91 Å². The number of ether oxygens (including phenoxy) is 2. The number of benzene rings is 1. The number of likely N-dealkylation sites (tertiary alicyclic amines) is 1. The molecule has 38 heavy (non-hydrogen) atoms. The molecular weight excluding hydrogens is 484 g/mol. The van der Waals surface area contributed by atoms with Gasteiger partial charge in [0.25, 0.3) is 5.91 Å². The molecule has 1 aromatic heterocycles. The summed E-state index contributed by atoms with van der Waals surface area (Å²) >= 11 is 0. The first-order chi connectivity index (χ1) is 18.4. The van der Waals surface area contributed by atoms with Gasteiger partial charge in [0, 0.05) is 56.0 Å². The maximum absolute atomic E-state index is 13.0. The van der Waals surface area contributed by atoms with E-state index in [2.05, 4.69) is 10.3 Å². The summed E-state index contributed by atoms with van der Waals surface area (Å²) in [4.78, 5) is 43.8. The number of aryl methyl sites for hydroxylation is 2. The molecule has 1 fully saturated rings. The second-order valence-electron chi connectivity index (χ2n) is 10.6. The largest absolute Gasteiger partial charge is 0.492 e. The van der Waals surface area contributed by atoms with Gasteiger partial charge in [-0.2, -0.15) is 4.98 Å². The Morgan fingerprint density at radius 2 is 1.87 bits per heavy atom. The Labute approximate surface area is 224 Å². The van der Waals surface area contributed by atoms with Crippen LogP contribution in [0.3, 0.4) is 0 Å². The maximum Gasteiger partial charge on any atom is 0.347 e. The molecule has 206 valence electrons. The van der Waals surface area contributed by atoms with Crippen molar-refractivity contribution in [2.45, 2.75) is 65.3 Å². The highest BCUT2D eigenvalue weighted by Crippen LogP contribution is 2.38. The lowest BCUT2D eigenvalue weighted by Crippen LogP contribution is -2.45. The highest BCUT2D eigenvalue weighted by Gasteiger charge is 2.36. The summed E-state index contributed by atoms with van der Waals surface area (Å²) in [5, 5.41) is 2.91. The number of para-hydroxylation sites is 1. The summed E-state index contributed by atoms with van der Waals surface area (Å²) in [6.07, 6.45) is 5.71. The van der Waals surface area contributed by atoms with Gasteiger partial charge in [-0.1, -0.05) is 18.6 Å². The van der Waals surface area contributed by atoms with Crippen molar-refractivity contribution in [3.05, 3.63) is 57.8 Å². The number of aromatic nitrogens is 2. The molecule has 9 heteroatoms. The second kappa shape index (κ2) is 13.0. The number of fused-ring (bicyclic) bond motifs is 1. The van der Waals surface area contributed by atoms with Crippen LogP contribution in [0.2, 0.25) is 0 Å². The molecule has 0 atom stereocenters. The predicted octanol–water partition coefficient (Wildman–Crippen LogP) is 3.26. The van der Waals surface area contributed by atoms with Crippen molar-refractivity contribution >= 4 is 11.8 Å². The van der Waals surface area contributed by atoms with E-state index in [1.54, 1.807) is 10.6 Å². The second-order valence-corrected chi connectivity index (χ2v) is 10.6. The number of amides is 2. The molecule has 4 rings (SSSR count). The van der Waals surface area contributed by atoms with Gasteiger partial charge in [-0.3, -0.25) is 14.2 Å². The quantitative estimate of drug-likeness (QED) is 0.659. The average molecular weight is 525 g/mol. The molecule has 2 aromatic rings. The van der Waals surface area contributed by atoms with Crippen molar-refractivity contribution in [3.8, 4) is 5.75 Å². The minimum atomic E-state index is -0.256. The van der Waals surface area contributed by atoms with Gasteiger partial charge < -0.3 is 19.7 Å². The third-order valence-corrected chi connectivity index (χ3v) is 7.74. The molecule has 3 heterocycles.